The zero-order valence-electron chi connectivity index (χ0n) is 10.6. The highest BCUT2D eigenvalue weighted by Gasteiger charge is 2.12. The van der Waals surface area contributed by atoms with Gasteiger partial charge in [0.05, 0.1) is 13.1 Å². The number of hydrogen-bond donors (Lipinski definition) is 1. The lowest BCUT2D eigenvalue weighted by Crippen LogP contribution is -2.24. The van der Waals surface area contributed by atoms with Crippen molar-refractivity contribution in [3.8, 4) is 0 Å². The number of halogens is 2. The Balaban J connectivity index is 2.16. The smallest absolute Gasteiger partial charge is 0.253 e. The first kappa shape index (κ1) is 16.2. The van der Waals surface area contributed by atoms with E-state index in [9.17, 15) is 4.79 Å². The number of amides is 1. The van der Waals surface area contributed by atoms with Crippen molar-refractivity contribution < 1.29 is 4.79 Å². The quantitative estimate of drug-likeness (QED) is 0.588. The predicted octanol–water partition coefficient (Wildman–Crippen LogP) is 5.36. The molecule has 1 rings (SSSR count). The van der Waals surface area contributed by atoms with Crippen LogP contribution in [0.4, 0.5) is 0 Å². The van der Waals surface area contributed by atoms with Crippen molar-refractivity contribution in [2.24, 2.45) is 0 Å². The molecule has 1 aromatic heterocycles. The minimum absolute atomic E-state index is 0.0115. The van der Waals surface area contributed by atoms with Gasteiger partial charge in [-0.2, -0.15) is 0 Å². The van der Waals surface area contributed by atoms with Crippen LogP contribution in [-0.4, -0.2) is 12.5 Å². The minimum atomic E-state index is 0.0115. The van der Waals surface area contributed by atoms with Crippen LogP contribution in [0.2, 0.25) is 0 Å². The first-order valence-electron chi connectivity index (χ1n) is 6.38. The first-order valence-corrected chi connectivity index (χ1v) is 8.78. The fourth-order valence-corrected chi connectivity index (χ4v) is 4.49. The Labute approximate surface area is 130 Å². The van der Waals surface area contributed by atoms with E-state index in [0.29, 0.717) is 0 Å². The van der Waals surface area contributed by atoms with Crippen LogP contribution in [0.3, 0.4) is 0 Å². The molecular weight excluding hydrogens is 378 g/mol. The van der Waals surface area contributed by atoms with E-state index in [1.54, 1.807) is 0 Å². The lowest BCUT2D eigenvalue weighted by Gasteiger charge is -2.04. The lowest BCUT2D eigenvalue weighted by atomic mass is 10.1. The van der Waals surface area contributed by atoms with Gasteiger partial charge < -0.3 is 5.32 Å². The summed E-state index contributed by atoms with van der Waals surface area (Å²) >= 11 is 8.30. The first-order chi connectivity index (χ1) is 8.65. The maximum atomic E-state index is 11.9. The summed E-state index contributed by atoms with van der Waals surface area (Å²) in [5.41, 5.74) is 0.720. The molecule has 0 saturated heterocycles. The van der Waals surface area contributed by atoms with Gasteiger partial charge in [0, 0.05) is 6.54 Å². The summed E-state index contributed by atoms with van der Waals surface area (Å²) < 4.78 is 1.86. The molecule has 1 aromatic rings. The van der Waals surface area contributed by atoms with Crippen molar-refractivity contribution in [2.45, 2.75) is 45.4 Å². The average molecular weight is 397 g/mol. The van der Waals surface area contributed by atoms with Gasteiger partial charge in [-0.3, -0.25) is 4.79 Å². The molecule has 0 aliphatic rings. The molecule has 0 radical (unpaired) electrons. The second kappa shape index (κ2) is 9.10. The molecule has 0 aromatic carbocycles. The van der Waals surface area contributed by atoms with Crippen molar-refractivity contribution in [2.75, 3.05) is 6.54 Å². The summed E-state index contributed by atoms with van der Waals surface area (Å²) in [5, 5.41) is 2.96. The number of carbonyl (C=O) groups is 1. The molecule has 1 amide bonds. The highest BCUT2D eigenvalue weighted by molar-refractivity contribution is 9.12. The Bertz CT molecular complexity index is 379. The Morgan fingerprint density at radius 3 is 2.50 bits per heavy atom. The van der Waals surface area contributed by atoms with Crippen LogP contribution in [-0.2, 0) is 0 Å². The van der Waals surface area contributed by atoms with Gasteiger partial charge in [0.1, 0.15) is 0 Å². The summed E-state index contributed by atoms with van der Waals surface area (Å²) in [7, 11) is 0. The molecule has 0 atom stereocenters. The van der Waals surface area contributed by atoms with Crippen molar-refractivity contribution >= 4 is 49.1 Å². The van der Waals surface area contributed by atoms with Crippen LogP contribution in [0, 0.1) is 0 Å². The van der Waals surface area contributed by atoms with E-state index in [4.69, 9.17) is 0 Å². The summed E-state index contributed by atoms with van der Waals surface area (Å²) in [6, 6.07) is 1.85. The highest BCUT2D eigenvalue weighted by Crippen LogP contribution is 2.31. The molecule has 0 spiro atoms. The van der Waals surface area contributed by atoms with Crippen molar-refractivity contribution in [3.05, 3.63) is 19.2 Å². The summed E-state index contributed by atoms with van der Waals surface area (Å²) in [6.07, 6.45) is 7.46. The molecule has 1 N–H and O–H groups in total. The number of rotatable bonds is 8. The monoisotopic (exact) mass is 395 g/mol. The Morgan fingerprint density at radius 2 is 1.89 bits per heavy atom. The van der Waals surface area contributed by atoms with E-state index in [2.05, 4.69) is 44.1 Å². The zero-order chi connectivity index (χ0) is 13.4. The van der Waals surface area contributed by atoms with Gasteiger partial charge >= 0.3 is 0 Å². The molecule has 2 nitrogen and oxygen atoms in total. The van der Waals surface area contributed by atoms with Gasteiger partial charge in [-0.1, -0.05) is 39.0 Å². The summed E-state index contributed by atoms with van der Waals surface area (Å²) in [5.74, 6) is 0.0115. The van der Waals surface area contributed by atoms with Crippen LogP contribution >= 0.6 is 43.2 Å². The second-order valence-electron chi connectivity index (χ2n) is 4.26. The molecular formula is C13H19Br2NOS. The van der Waals surface area contributed by atoms with E-state index < -0.39 is 0 Å². The van der Waals surface area contributed by atoms with Crippen LogP contribution in [0.25, 0.3) is 0 Å². The van der Waals surface area contributed by atoms with Crippen LogP contribution in [0.1, 0.15) is 55.8 Å². The van der Waals surface area contributed by atoms with Gasteiger partial charge in [-0.05, 0) is 44.3 Å². The van der Waals surface area contributed by atoms with Crippen LogP contribution in [0.15, 0.2) is 13.6 Å². The molecule has 0 unspecified atom stereocenters. The molecule has 0 aliphatic heterocycles. The van der Waals surface area contributed by atoms with Crippen molar-refractivity contribution in [3.63, 3.8) is 0 Å². The van der Waals surface area contributed by atoms with Crippen molar-refractivity contribution in [1.29, 1.82) is 0 Å². The number of carbonyl (C=O) groups excluding carboxylic acids is 1. The van der Waals surface area contributed by atoms with E-state index >= 15 is 0 Å². The van der Waals surface area contributed by atoms with E-state index in [1.807, 2.05) is 6.07 Å². The SMILES string of the molecule is CCCCCCCCNC(=O)c1cc(Br)sc1Br. The topological polar surface area (TPSA) is 29.1 Å². The average Bonchev–Trinajstić information content (AvgIpc) is 2.67. The number of hydrogen-bond acceptors (Lipinski definition) is 2. The normalized spacial score (nSPS) is 10.6. The number of nitrogens with one attached hydrogen (secondary N) is 1. The maximum Gasteiger partial charge on any atom is 0.253 e. The molecule has 5 heteroatoms. The third kappa shape index (κ3) is 5.85. The van der Waals surface area contributed by atoms with Crippen LogP contribution < -0.4 is 5.32 Å². The summed E-state index contributed by atoms with van der Waals surface area (Å²) in [4.78, 5) is 11.9. The second-order valence-corrected chi connectivity index (χ2v) is 8.01. The van der Waals surface area contributed by atoms with E-state index in [-0.39, 0.29) is 5.91 Å². The van der Waals surface area contributed by atoms with Gasteiger partial charge in [0.25, 0.3) is 5.91 Å². The van der Waals surface area contributed by atoms with Crippen LogP contribution in [0.5, 0.6) is 0 Å². The molecule has 1 heterocycles. The Kier molecular flexibility index (Phi) is 8.18. The molecule has 0 aliphatic carbocycles. The molecule has 18 heavy (non-hydrogen) atoms. The fourth-order valence-electron chi connectivity index (χ4n) is 1.70. The number of thiophene rings is 1. The van der Waals surface area contributed by atoms with Gasteiger partial charge in [-0.25, -0.2) is 0 Å². The summed E-state index contributed by atoms with van der Waals surface area (Å²) in [6.45, 7) is 2.99. The zero-order valence-corrected chi connectivity index (χ0v) is 14.6. The molecule has 0 saturated carbocycles. The lowest BCUT2D eigenvalue weighted by molar-refractivity contribution is 0.0952. The largest absolute Gasteiger partial charge is 0.352 e. The third-order valence-electron chi connectivity index (χ3n) is 2.72. The third-order valence-corrected chi connectivity index (χ3v) is 5.06. The number of unbranched alkanes of at least 4 members (excludes halogenated alkanes) is 5. The Morgan fingerprint density at radius 1 is 1.22 bits per heavy atom. The standard InChI is InChI=1S/C13H19Br2NOS/c1-2-3-4-5-6-7-8-16-13(17)10-9-11(14)18-12(10)15/h9H,2-8H2,1H3,(H,16,17). The fraction of sp³-hybridized carbons (Fsp3) is 0.615. The van der Waals surface area contributed by atoms with Gasteiger partial charge in [0.15, 0.2) is 0 Å². The van der Waals surface area contributed by atoms with Gasteiger partial charge in [-0.15, -0.1) is 11.3 Å². The molecule has 0 bridgehead atoms. The van der Waals surface area contributed by atoms with E-state index in [0.717, 1.165) is 26.1 Å². The van der Waals surface area contributed by atoms with E-state index in [1.165, 1.54) is 43.4 Å². The maximum absolute atomic E-state index is 11.9. The molecule has 102 valence electrons. The minimum Gasteiger partial charge on any atom is -0.352 e. The van der Waals surface area contributed by atoms with Gasteiger partial charge in [0.2, 0.25) is 0 Å². The Hall–Kier alpha value is 0.130. The predicted molar refractivity (Wildman–Crippen MR) is 85.4 cm³/mol. The van der Waals surface area contributed by atoms with Crippen molar-refractivity contribution in [1.82, 2.24) is 5.32 Å². The molecule has 0 fully saturated rings. The highest BCUT2D eigenvalue weighted by atomic mass is 79.9.